The summed E-state index contributed by atoms with van der Waals surface area (Å²) in [5.41, 5.74) is 1.14. The molecule has 0 saturated heterocycles. The number of carboxylic acid groups (broad SMARTS) is 1. The van der Waals surface area contributed by atoms with E-state index in [1.54, 1.807) is 38.1 Å². The number of nitrogens with zero attached hydrogens (tertiary/aromatic N) is 1. The first-order chi connectivity index (χ1) is 18.2. The van der Waals surface area contributed by atoms with Crippen LogP contribution in [0.1, 0.15) is 69.0 Å². The van der Waals surface area contributed by atoms with E-state index in [0.29, 0.717) is 53.6 Å². The van der Waals surface area contributed by atoms with E-state index in [-0.39, 0.29) is 24.8 Å². The Morgan fingerprint density at radius 1 is 1.11 bits per heavy atom. The minimum absolute atomic E-state index is 0.0234. The van der Waals surface area contributed by atoms with Crippen molar-refractivity contribution in [2.24, 2.45) is 5.92 Å². The SMILES string of the molecule is CCCCC[C@@H](C(=O)NCNC(=O)c1ccc(-c2ccc(CC(=O)O)c(OCC)c2)o1)[C@@H](CC)N(O)C=O. The standard InChI is InChI=1S/C27H37N3O8/c1-4-7-8-9-20(21(5-2)30(36)17-31)26(34)28-16-29-27(35)23-13-12-22(38-23)18-10-11-19(15-25(32)33)24(14-18)37-6-3/h10-14,17,20-21,36H,4-9,15-16H2,1-3H3,(H,28,34)(H,29,35)(H,32,33)/t20-,21-/m1/s1. The summed E-state index contributed by atoms with van der Waals surface area (Å²) in [6.45, 7) is 5.81. The molecule has 11 nitrogen and oxygen atoms in total. The van der Waals surface area contributed by atoms with Crippen LogP contribution in [0.2, 0.25) is 0 Å². The normalized spacial score (nSPS) is 12.3. The summed E-state index contributed by atoms with van der Waals surface area (Å²) in [5.74, 6) is -1.69. The molecule has 4 N–H and O–H groups in total. The number of benzene rings is 1. The fraction of sp³-hybridized carbons (Fsp3) is 0.481. The second-order valence-corrected chi connectivity index (χ2v) is 8.78. The number of ether oxygens (including phenoxy) is 1. The number of amides is 3. The minimum atomic E-state index is -0.974. The fourth-order valence-electron chi connectivity index (χ4n) is 4.20. The summed E-state index contributed by atoms with van der Waals surface area (Å²) in [6.07, 6.45) is 3.64. The van der Waals surface area contributed by atoms with E-state index in [2.05, 4.69) is 10.6 Å². The van der Waals surface area contributed by atoms with Crippen molar-refractivity contribution < 1.29 is 38.6 Å². The van der Waals surface area contributed by atoms with E-state index in [9.17, 15) is 24.4 Å². The Bertz CT molecular complexity index is 1080. The highest BCUT2D eigenvalue weighted by molar-refractivity contribution is 5.92. The number of hydrogen-bond acceptors (Lipinski definition) is 7. The van der Waals surface area contributed by atoms with Crippen molar-refractivity contribution in [3.05, 3.63) is 41.7 Å². The van der Waals surface area contributed by atoms with Crippen LogP contribution in [0.5, 0.6) is 5.75 Å². The topological polar surface area (TPSA) is 158 Å². The molecule has 0 aliphatic heterocycles. The summed E-state index contributed by atoms with van der Waals surface area (Å²) in [7, 11) is 0. The molecule has 208 valence electrons. The molecule has 3 amide bonds. The van der Waals surface area contributed by atoms with Crippen LogP contribution in [0.4, 0.5) is 0 Å². The molecule has 1 aromatic carbocycles. The van der Waals surface area contributed by atoms with Gasteiger partial charge in [0.2, 0.25) is 12.3 Å². The maximum atomic E-state index is 12.9. The van der Waals surface area contributed by atoms with Gasteiger partial charge in [0.25, 0.3) is 5.91 Å². The maximum absolute atomic E-state index is 12.9. The molecule has 0 unspecified atom stereocenters. The van der Waals surface area contributed by atoms with Crippen molar-refractivity contribution in [3.8, 4) is 17.1 Å². The fourth-order valence-corrected chi connectivity index (χ4v) is 4.20. The number of nitrogens with one attached hydrogen (secondary N) is 2. The molecule has 2 atom stereocenters. The van der Waals surface area contributed by atoms with Gasteiger partial charge in [0.1, 0.15) is 11.5 Å². The van der Waals surface area contributed by atoms with Gasteiger partial charge >= 0.3 is 5.97 Å². The number of carbonyl (C=O) groups excluding carboxylic acids is 3. The minimum Gasteiger partial charge on any atom is -0.494 e. The lowest BCUT2D eigenvalue weighted by atomic mass is 9.90. The second kappa shape index (κ2) is 15.4. The molecule has 0 aliphatic carbocycles. The van der Waals surface area contributed by atoms with E-state index in [1.807, 2.05) is 6.92 Å². The third-order valence-corrected chi connectivity index (χ3v) is 6.12. The molecule has 11 heteroatoms. The van der Waals surface area contributed by atoms with Crippen molar-refractivity contribution in [1.29, 1.82) is 0 Å². The van der Waals surface area contributed by atoms with E-state index < -0.39 is 23.8 Å². The van der Waals surface area contributed by atoms with Gasteiger partial charge < -0.3 is 24.9 Å². The number of hydrogen-bond donors (Lipinski definition) is 4. The van der Waals surface area contributed by atoms with Gasteiger partial charge in [-0.05, 0) is 38.0 Å². The van der Waals surface area contributed by atoms with Gasteiger partial charge in [0.05, 0.1) is 31.7 Å². The predicted octanol–water partition coefficient (Wildman–Crippen LogP) is 3.60. The van der Waals surface area contributed by atoms with Gasteiger partial charge in [0.15, 0.2) is 5.76 Å². The molecule has 2 rings (SSSR count). The summed E-state index contributed by atoms with van der Waals surface area (Å²) in [4.78, 5) is 47.6. The Balaban J connectivity index is 2.03. The van der Waals surface area contributed by atoms with Crippen LogP contribution in [-0.4, -0.2) is 58.9 Å². The lowest BCUT2D eigenvalue weighted by molar-refractivity contribution is -0.168. The molecule has 0 radical (unpaired) electrons. The summed E-state index contributed by atoms with van der Waals surface area (Å²) < 4.78 is 11.2. The Morgan fingerprint density at radius 2 is 1.87 bits per heavy atom. The predicted molar refractivity (Wildman–Crippen MR) is 139 cm³/mol. The summed E-state index contributed by atoms with van der Waals surface area (Å²) in [5, 5.41) is 24.8. The zero-order chi connectivity index (χ0) is 28.1. The average molecular weight is 532 g/mol. The highest BCUT2D eigenvalue weighted by Crippen LogP contribution is 2.29. The van der Waals surface area contributed by atoms with Gasteiger partial charge in [0, 0.05) is 11.1 Å². The van der Waals surface area contributed by atoms with Crippen LogP contribution in [0.25, 0.3) is 11.3 Å². The van der Waals surface area contributed by atoms with E-state index in [1.165, 1.54) is 6.07 Å². The Labute approximate surface area is 222 Å². The number of unbranched alkanes of at least 4 members (excludes halogenated alkanes) is 2. The molecule has 1 heterocycles. The molecular weight excluding hydrogens is 494 g/mol. The number of carboxylic acids is 1. The highest BCUT2D eigenvalue weighted by Gasteiger charge is 2.30. The van der Waals surface area contributed by atoms with Crippen LogP contribution in [0, 0.1) is 5.92 Å². The van der Waals surface area contributed by atoms with Gasteiger partial charge in [-0.25, -0.2) is 5.06 Å². The van der Waals surface area contributed by atoms with E-state index >= 15 is 0 Å². The Hall–Kier alpha value is -3.86. The first-order valence-corrected chi connectivity index (χ1v) is 12.8. The molecule has 1 aromatic heterocycles. The largest absolute Gasteiger partial charge is 0.494 e. The van der Waals surface area contributed by atoms with Gasteiger partial charge in [-0.15, -0.1) is 0 Å². The van der Waals surface area contributed by atoms with Crippen molar-refractivity contribution in [2.45, 2.75) is 65.3 Å². The maximum Gasteiger partial charge on any atom is 0.307 e. The first kappa shape index (κ1) is 30.4. The quantitative estimate of drug-likeness (QED) is 0.0792. The molecule has 0 fully saturated rings. The van der Waals surface area contributed by atoms with Gasteiger partial charge in [-0.1, -0.05) is 45.2 Å². The molecular formula is C27H37N3O8. The monoisotopic (exact) mass is 531 g/mol. The number of rotatable bonds is 17. The average Bonchev–Trinajstić information content (AvgIpc) is 3.39. The molecule has 0 spiro atoms. The van der Waals surface area contributed by atoms with Crippen molar-refractivity contribution in [1.82, 2.24) is 15.7 Å². The van der Waals surface area contributed by atoms with E-state index in [0.717, 1.165) is 19.3 Å². The third-order valence-electron chi connectivity index (χ3n) is 6.12. The summed E-state index contributed by atoms with van der Waals surface area (Å²) in [6, 6.07) is 7.43. The highest BCUT2D eigenvalue weighted by atomic mass is 16.5. The van der Waals surface area contributed by atoms with Crippen molar-refractivity contribution in [2.75, 3.05) is 13.3 Å². The zero-order valence-electron chi connectivity index (χ0n) is 22.1. The Kier molecular flexibility index (Phi) is 12.3. The van der Waals surface area contributed by atoms with Crippen LogP contribution in [-0.2, 0) is 20.8 Å². The van der Waals surface area contributed by atoms with Crippen molar-refractivity contribution >= 4 is 24.2 Å². The summed E-state index contributed by atoms with van der Waals surface area (Å²) >= 11 is 0. The lowest BCUT2D eigenvalue weighted by Gasteiger charge is -2.29. The smallest absolute Gasteiger partial charge is 0.307 e. The number of hydroxylamine groups is 2. The van der Waals surface area contributed by atoms with E-state index in [4.69, 9.17) is 14.3 Å². The Morgan fingerprint density at radius 3 is 2.50 bits per heavy atom. The number of furan rings is 1. The molecule has 0 aliphatic rings. The van der Waals surface area contributed by atoms with Gasteiger partial charge in [-0.2, -0.15) is 0 Å². The molecule has 0 saturated carbocycles. The molecule has 0 bridgehead atoms. The van der Waals surface area contributed by atoms with Crippen LogP contribution in [0.3, 0.4) is 0 Å². The first-order valence-electron chi connectivity index (χ1n) is 12.8. The third kappa shape index (κ3) is 8.62. The van der Waals surface area contributed by atoms with Crippen molar-refractivity contribution in [3.63, 3.8) is 0 Å². The van der Waals surface area contributed by atoms with Crippen LogP contribution in [0.15, 0.2) is 34.7 Å². The number of aliphatic carboxylic acids is 1. The lowest BCUT2D eigenvalue weighted by Crippen LogP contribution is -2.47. The van der Waals surface area contributed by atoms with Crippen LogP contribution < -0.4 is 15.4 Å². The zero-order valence-corrected chi connectivity index (χ0v) is 22.1. The molecule has 2 aromatic rings. The van der Waals surface area contributed by atoms with Crippen LogP contribution >= 0.6 is 0 Å². The molecule has 38 heavy (non-hydrogen) atoms. The van der Waals surface area contributed by atoms with Gasteiger partial charge in [-0.3, -0.25) is 24.4 Å². The number of carbonyl (C=O) groups is 4. The second-order valence-electron chi connectivity index (χ2n) is 8.78.